The van der Waals surface area contributed by atoms with Crippen molar-refractivity contribution in [1.82, 2.24) is 9.97 Å². The van der Waals surface area contributed by atoms with Gasteiger partial charge in [0.15, 0.2) is 0 Å². The molecule has 1 aromatic heterocycles. The Kier molecular flexibility index (Phi) is 4.35. The van der Waals surface area contributed by atoms with Crippen molar-refractivity contribution in [2.45, 2.75) is 6.92 Å². The van der Waals surface area contributed by atoms with Gasteiger partial charge in [-0.1, -0.05) is 0 Å². The Labute approximate surface area is 117 Å². The van der Waals surface area contributed by atoms with E-state index in [1.807, 2.05) is 6.92 Å². The smallest absolute Gasteiger partial charge is 0.239 e. The van der Waals surface area contributed by atoms with Crippen molar-refractivity contribution in [2.24, 2.45) is 0 Å². The first-order chi connectivity index (χ1) is 9.75. The maximum absolute atomic E-state index is 8.96. The maximum Gasteiger partial charge on any atom is 0.239 e. The third-order valence-electron chi connectivity index (χ3n) is 2.44. The molecule has 6 heteroatoms. The third kappa shape index (κ3) is 3.36. The second-order valence-corrected chi connectivity index (χ2v) is 3.88. The summed E-state index contributed by atoms with van der Waals surface area (Å²) in [7, 11) is 1.53. The Morgan fingerprint density at radius 1 is 1.25 bits per heavy atom. The van der Waals surface area contributed by atoms with Gasteiger partial charge in [-0.25, -0.2) is 0 Å². The first-order valence-corrected chi connectivity index (χ1v) is 6.08. The molecule has 0 fully saturated rings. The van der Waals surface area contributed by atoms with Crippen LogP contribution in [0.4, 0.5) is 5.82 Å². The summed E-state index contributed by atoms with van der Waals surface area (Å²) in [4.78, 5) is 8.29. The summed E-state index contributed by atoms with van der Waals surface area (Å²) in [6.45, 7) is 2.71. The van der Waals surface area contributed by atoms with Crippen LogP contribution in [-0.2, 0) is 0 Å². The second kappa shape index (κ2) is 6.38. The largest absolute Gasteiger partial charge is 0.497 e. The topological polar surface area (TPSA) is 80.1 Å². The Balaban J connectivity index is 2.25. The number of ether oxygens (including phenoxy) is 2. The van der Waals surface area contributed by atoms with Gasteiger partial charge in [-0.2, -0.15) is 10.2 Å². The van der Waals surface area contributed by atoms with E-state index in [-0.39, 0.29) is 0 Å². The number of aromatic nitrogens is 2. The summed E-state index contributed by atoms with van der Waals surface area (Å²) < 4.78 is 10.7. The van der Waals surface area contributed by atoms with Gasteiger partial charge in [-0.3, -0.25) is 4.98 Å². The van der Waals surface area contributed by atoms with Gasteiger partial charge in [-0.05, 0) is 19.1 Å². The van der Waals surface area contributed by atoms with Crippen molar-refractivity contribution in [3.05, 3.63) is 36.2 Å². The number of methoxy groups -OCH3 is 1. The van der Waals surface area contributed by atoms with Crippen LogP contribution in [0.1, 0.15) is 12.5 Å². The second-order valence-electron chi connectivity index (χ2n) is 3.88. The number of nitrogens with zero attached hydrogens (tertiary/aromatic N) is 3. The molecule has 0 spiro atoms. The summed E-state index contributed by atoms with van der Waals surface area (Å²) in [5.41, 5.74) is 0.454. The van der Waals surface area contributed by atoms with Gasteiger partial charge in [0.1, 0.15) is 17.3 Å². The van der Waals surface area contributed by atoms with Crippen molar-refractivity contribution in [2.75, 3.05) is 19.0 Å². The highest BCUT2D eigenvalue weighted by Gasteiger charge is 2.05. The number of nitriles is 1. The molecule has 6 nitrogen and oxygen atoms in total. The molecule has 0 aliphatic carbocycles. The molecule has 0 saturated heterocycles. The quantitative estimate of drug-likeness (QED) is 0.899. The number of hydrogen-bond donors (Lipinski definition) is 1. The van der Waals surface area contributed by atoms with Gasteiger partial charge in [0.25, 0.3) is 0 Å². The molecule has 2 aromatic rings. The van der Waals surface area contributed by atoms with Gasteiger partial charge in [0.05, 0.1) is 31.1 Å². The van der Waals surface area contributed by atoms with E-state index in [0.717, 1.165) is 6.54 Å². The van der Waals surface area contributed by atoms with Crippen LogP contribution < -0.4 is 14.8 Å². The lowest BCUT2D eigenvalue weighted by molar-refractivity contribution is 0.407. The first kappa shape index (κ1) is 13.6. The van der Waals surface area contributed by atoms with E-state index in [2.05, 4.69) is 21.4 Å². The van der Waals surface area contributed by atoms with Crippen LogP contribution >= 0.6 is 0 Å². The van der Waals surface area contributed by atoms with Crippen LogP contribution in [0.5, 0.6) is 17.4 Å². The monoisotopic (exact) mass is 270 g/mol. The highest BCUT2D eigenvalue weighted by Crippen LogP contribution is 2.26. The van der Waals surface area contributed by atoms with Crippen molar-refractivity contribution in [1.29, 1.82) is 5.26 Å². The zero-order chi connectivity index (χ0) is 14.4. The zero-order valence-electron chi connectivity index (χ0n) is 11.3. The minimum absolute atomic E-state index is 0.348. The van der Waals surface area contributed by atoms with Crippen LogP contribution in [-0.4, -0.2) is 23.6 Å². The van der Waals surface area contributed by atoms with E-state index >= 15 is 0 Å². The van der Waals surface area contributed by atoms with E-state index in [1.165, 1.54) is 13.3 Å². The molecule has 2 rings (SSSR count). The van der Waals surface area contributed by atoms with Gasteiger partial charge in [0, 0.05) is 12.6 Å². The van der Waals surface area contributed by atoms with E-state index in [4.69, 9.17) is 14.7 Å². The summed E-state index contributed by atoms with van der Waals surface area (Å²) >= 11 is 0. The zero-order valence-corrected chi connectivity index (χ0v) is 11.3. The Morgan fingerprint density at radius 2 is 2.05 bits per heavy atom. The Bertz CT molecular complexity index is 637. The molecule has 0 unspecified atom stereocenters. The molecule has 20 heavy (non-hydrogen) atoms. The SMILES string of the molecule is CCNc1cncc(Oc2cc(C#N)cc(OC)c2)n1. The van der Waals surface area contributed by atoms with Gasteiger partial charge in [-0.15, -0.1) is 0 Å². The van der Waals surface area contributed by atoms with E-state index < -0.39 is 0 Å². The number of rotatable bonds is 5. The van der Waals surface area contributed by atoms with Crippen molar-refractivity contribution >= 4 is 5.82 Å². The standard InChI is InChI=1S/C14H14N4O2/c1-3-17-13-8-16-9-14(18-13)20-12-5-10(7-15)4-11(6-12)19-2/h4-6,8-9H,3H2,1-2H3,(H,17,18). The number of nitrogens with one attached hydrogen (secondary N) is 1. The highest BCUT2D eigenvalue weighted by atomic mass is 16.5. The molecule has 0 aliphatic rings. The molecule has 0 bridgehead atoms. The lowest BCUT2D eigenvalue weighted by Crippen LogP contribution is -2.00. The predicted molar refractivity (Wildman–Crippen MR) is 74.0 cm³/mol. The lowest BCUT2D eigenvalue weighted by Gasteiger charge is -2.08. The fourth-order valence-electron chi connectivity index (χ4n) is 1.60. The molecule has 0 atom stereocenters. The summed E-state index contributed by atoms with van der Waals surface area (Å²) in [6.07, 6.45) is 3.12. The minimum atomic E-state index is 0.348. The molecule has 1 N–H and O–H groups in total. The normalized spacial score (nSPS) is 9.65. The molecule has 0 amide bonds. The molecular weight excluding hydrogens is 256 g/mol. The van der Waals surface area contributed by atoms with Crippen molar-refractivity contribution in [3.63, 3.8) is 0 Å². The van der Waals surface area contributed by atoms with E-state index in [9.17, 15) is 0 Å². The van der Waals surface area contributed by atoms with Crippen molar-refractivity contribution < 1.29 is 9.47 Å². The van der Waals surface area contributed by atoms with Gasteiger partial charge < -0.3 is 14.8 Å². The molecule has 0 radical (unpaired) electrons. The van der Waals surface area contributed by atoms with Crippen LogP contribution in [0.15, 0.2) is 30.6 Å². The summed E-state index contributed by atoms with van der Waals surface area (Å²) in [6, 6.07) is 6.98. The molecule has 1 aromatic carbocycles. The number of anilines is 1. The van der Waals surface area contributed by atoms with Gasteiger partial charge >= 0.3 is 0 Å². The summed E-state index contributed by atoms with van der Waals surface area (Å²) in [5, 5.41) is 12.0. The fourth-order valence-corrected chi connectivity index (χ4v) is 1.60. The minimum Gasteiger partial charge on any atom is -0.497 e. The van der Waals surface area contributed by atoms with Crippen LogP contribution in [0.25, 0.3) is 0 Å². The molecule has 0 aliphatic heterocycles. The average Bonchev–Trinajstić information content (AvgIpc) is 2.47. The lowest BCUT2D eigenvalue weighted by atomic mass is 10.2. The van der Waals surface area contributed by atoms with Crippen molar-refractivity contribution in [3.8, 4) is 23.4 Å². The van der Waals surface area contributed by atoms with Crippen LogP contribution in [0, 0.1) is 11.3 Å². The average molecular weight is 270 g/mol. The van der Waals surface area contributed by atoms with Crippen LogP contribution in [0.3, 0.4) is 0 Å². The Hall–Kier alpha value is -2.81. The fraction of sp³-hybridized carbons (Fsp3) is 0.214. The number of benzene rings is 1. The highest BCUT2D eigenvalue weighted by molar-refractivity contribution is 5.45. The molecule has 102 valence electrons. The van der Waals surface area contributed by atoms with Crippen LogP contribution in [0.2, 0.25) is 0 Å². The molecule has 1 heterocycles. The predicted octanol–water partition coefficient (Wildman–Crippen LogP) is 2.58. The number of hydrogen-bond acceptors (Lipinski definition) is 6. The maximum atomic E-state index is 8.96. The summed E-state index contributed by atoms with van der Waals surface area (Å²) in [5.74, 6) is 2.01. The van der Waals surface area contributed by atoms with Gasteiger partial charge in [0.2, 0.25) is 5.88 Å². The van der Waals surface area contributed by atoms with E-state index in [0.29, 0.717) is 28.8 Å². The molecular formula is C14H14N4O2. The third-order valence-corrected chi connectivity index (χ3v) is 2.44. The van der Waals surface area contributed by atoms with E-state index in [1.54, 1.807) is 24.4 Å². The molecule has 0 saturated carbocycles. The first-order valence-electron chi connectivity index (χ1n) is 6.08. The Morgan fingerprint density at radius 3 is 2.75 bits per heavy atom.